The summed E-state index contributed by atoms with van der Waals surface area (Å²) in [7, 11) is -3.00. The van der Waals surface area contributed by atoms with Crippen LogP contribution in [0.15, 0.2) is 36.7 Å². The molecule has 1 aromatic heterocycles. The zero-order valence-electron chi connectivity index (χ0n) is 13.0. The Kier molecular flexibility index (Phi) is 4.91. The SMILES string of the molecule is O=C(Nc1ccc(F)c(Cl)c1)c1cncc(NC2CCS(=O)(=O)C2)c1. The van der Waals surface area contributed by atoms with Crippen LogP contribution >= 0.6 is 11.6 Å². The van der Waals surface area contributed by atoms with Gasteiger partial charge in [0, 0.05) is 24.1 Å². The molecule has 1 aliphatic heterocycles. The number of benzene rings is 1. The van der Waals surface area contributed by atoms with Crippen molar-refractivity contribution < 1.29 is 17.6 Å². The summed E-state index contributed by atoms with van der Waals surface area (Å²) in [6, 6.07) is 5.26. The Morgan fingerprint density at radius 3 is 2.72 bits per heavy atom. The van der Waals surface area contributed by atoms with E-state index in [1.165, 1.54) is 24.5 Å². The summed E-state index contributed by atoms with van der Waals surface area (Å²) in [5.74, 6) is -0.780. The molecule has 1 aliphatic rings. The summed E-state index contributed by atoms with van der Waals surface area (Å²) < 4.78 is 36.2. The van der Waals surface area contributed by atoms with E-state index in [9.17, 15) is 17.6 Å². The molecule has 1 atom stereocenters. The number of carbonyl (C=O) groups excluding carboxylic acids is 1. The number of hydrogen-bond acceptors (Lipinski definition) is 5. The lowest BCUT2D eigenvalue weighted by molar-refractivity contribution is 0.102. The fourth-order valence-electron chi connectivity index (χ4n) is 2.56. The molecule has 1 saturated heterocycles. The van der Waals surface area contributed by atoms with Crippen LogP contribution < -0.4 is 10.6 Å². The third kappa shape index (κ3) is 4.46. The fraction of sp³-hybridized carbons (Fsp3) is 0.250. The van der Waals surface area contributed by atoms with Crippen molar-refractivity contribution in [3.05, 3.63) is 53.1 Å². The lowest BCUT2D eigenvalue weighted by Gasteiger charge is -2.13. The molecule has 2 N–H and O–H groups in total. The fourth-order valence-corrected chi connectivity index (χ4v) is 4.42. The van der Waals surface area contributed by atoms with Gasteiger partial charge in [0.25, 0.3) is 5.91 Å². The van der Waals surface area contributed by atoms with Crippen LogP contribution in [-0.4, -0.2) is 36.9 Å². The van der Waals surface area contributed by atoms with Crippen LogP contribution in [0, 0.1) is 5.82 Å². The normalized spacial score (nSPS) is 18.7. The highest BCUT2D eigenvalue weighted by molar-refractivity contribution is 7.91. The first-order chi connectivity index (χ1) is 11.8. The highest BCUT2D eigenvalue weighted by Gasteiger charge is 2.27. The van der Waals surface area contributed by atoms with Crippen molar-refractivity contribution in [1.29, 1.82) is 0 Å². The van der Waals surface area contributed by atoms with Crippen LogP contribution in [0.25, 0.3) is 0 Å². The van der Waals surface area contributed by atoms with Gasteiger partial charge >= 0.3 is 0 Å². The number of nitrogens with one attached hydrogen (secondary N) is 2. The summed E-state index contributed by atoms with van der Waals surface area (Å²) in [6.45, 7) is 0. The summed E-state index contributed by atoms with van der Waals surface area (Å²) in [5.41, 5.74) is 1.20. The monoisotopic (exact) mass is 383 g/mol. The van der Waals surface area contributed by atoms with Crippen LogP contribution in [0.1, 0.15) is 16.8 Å². The highest BCUT2D eigenvalue weighted by Crippen LogP contribution is 2.21. The molecule has 2 heterocycles. The second-order valence-corrected chi connectivity index (χ2v) is 8.43. The molecule has 1 unspecified atom stereocenters. The zero-order chi connectivity index (χ0) is 18.0. The second-order valence-electron chi connectivity index (χ2n) is 5.79. The van der Waals surface area contributed by atoms with Gasteiger partial charge in [0.1, 0.15) is 5.82 Å². The molecular formula is C16H15ClFN3O3S. The Hall–Kier alpha value is -2.19. The first-order valence-electron chi connectivity index (χ1n) is 7.51. The molecule has 0 aliphatic carbocycles. The minimum atomic E-state index is -3.00. The maximum absolute atomic E-state index is 13.2. The van der Waals surface area contributed by atoms with E-state index in [4.69, 9.17) is 11.6 Å². The smallest absolute Gasteiger partial charge is 0.257 e. The number of anilines is 2. The van der Waals surface area contributed by atoms with Gasteiger partial charge in [-0.3, -0.25) is 9.78 Å². The first-order valence-corrected chi connectivity index (χ1v) is 9.71. The van der Waals surface area contributed by atoms with Crippen molar-refractivity contribution >= 4 is 38.7 Å². The van der Waals surface area contributed by atoms with E-state index in [1.54, 1.807) is 6.07 Å². The predicted molar refractivity (Wildman–Crippen MR) is 94.3 cm³/mol. The number of carbonyl (C=O) groups is 1. The maximum Gasteiger partial charge on any atom is 0.257 e. The van der Waals surface area contributed by atoms with Crippen LogP contribution in [-0.2, 0) is 9.84 Å². The van der Waals surface area contributed by atoms with Crippen LogP contribution in [0.4, 0.5) is 15.8 Å². The van der Waals surface area contributed by atoms with E-state index in [1.807, 2.05) is 0 Å². The molecule has 132 valence electrons. The maximum atomic E-state index is 13.2. The molecule has 2 aromatic rings. The van der Waals surface area contributed by atoms with Gasteiger partial charge in [-0.05, 0) is 30.7 Å². The van der Waals surface area contributed by atoms with Gasteiger partial charge in [0.2, 0.25) is 0 Å². The number of amides is 1. The van der Waals surface area contributed by atoms with E-state index in [0.717, 1.165) is 6.07 Å². The van der Waals surface area contributed by atoms with Gasteiger partial charge in [-0.1, -0.05) is 11.6 Å². The Morgan fingerprint density at radius 2 is 2.04 bits per heavy atom. The molecule has 1 aromatic carbocycles. The lowest BCUT2D eigenvalue weighted by atomic mass is 10.2. The van der Waals surface area contributed by atoms with E-state index >= 15 is 0 Å². The van der Waals surface area contributed by atoms with E-state index in [2.05, 4.69) is 15.6 Å². The summed E-state index contributed by atoms with van der Waals surface area (Å²) >= 11 is 5.69. The number of hydrogen-bond donors (Lipinski definition) is 2. The average Bonchev–Trinajstić information content (AvgIpc) is 2.90. The summed E-state index contributed by atoms with van der Waals surface area (Å²) in [4.78, 5) is 16.3. The second kappa shape index (κ2) is 6.97. The summed E-state index contributed by atoms with van der Waals surface area (Å²) in [6.07, 6.45) is 3.43. The molecule has 3 rings (SSSR count). The average molecular weight is 384 g/mol. The molecular weight excluding hydrogens is 369 g/mol. The Labute approximate surface area is 149 Å². The van der Waals surface area contributed by atoms with Crippen molar-refractivity contribution in [3.8, 4) is 0 Å². The number of halogens is 2. The molecule has 6 nitrogen and oxygen atoms in total. The Balaban J connectivity index is 1.70. The van der Waals surface area contributed by atoms with Crippen molar-refractivity contribution in [2.24, 2.45) is 0 Å². The number of aromatic nitrogens is 1. The minimum absolute atomic E-state index is 0.0670. The van der Waals surface area contributed by atoms with Crippen molar-refractivity contribution in [2.45, 2.75) is 12.5 Å². The summed E-state index contributed by atoms with van der Waals surface area (Å²) in [5, 5.41) is 5.60. The van der Waals surface area contributed by atoms with E-state index < -0.39 is 21.6 Å². The van der Waals surface area contributed by atoms with Gasteiger partial charge in [-0.25, -0.2) is 12.8 Å². The standard InChI is InChI=1S/C16H15ClFN3O3S/c17-14-6-11(1-2-15(14)18)21-16(22)10-5-13(8-19-7-10)20-12-3-4-25(23,24)9-12/h1-2,5-8,12,20H,3-4,9H2,(H,21,22). The largest absolute Gasteiger partial charge is 0.380 e. The molecule has 0 bridgehead atoms. The number of nitrogens with zero attached hydrogens (tertiary/aromatic N) is 1. The van der Waals surface area contributed by atoms with Crippen molar-refractivity contribution in [1.82, 2.24) is 4.98 Å². The molecule has 1 amide bonds. The van der Waals surface area contributed by atoms with Crippen molar-refractivity contribution in [2.75, 3.05) is 22.1 Å². The highest BCUT2D eigenvalue weighted by atomic mass is 35.5. The molecule has 1 fully saturated rings. The predicted octanol–water partition coefficient (Wildman–Crippen LogP) is 2.73. The minimum Gasteiger partial charge on any atom is -0.380 e. The van der Waals surface area contributed by atoms with E-state index in [0.29, 0.717) is 17.8 Å². The number of rotatable bonds is 4. The van der Waals surface area contributed by atoms with Crippen LogP contribution in [0.2, 0.25) is 5.02 Å². The molecule has 9 heteroatoms. The van der Waals surface area contributed by atoms with Gasteiger partial charge < -0.3 is 10.6 Å². The number of pyridine rings is 1. The number of sulfone groups is 1. The van der Waals surface area contributed by atoms with Gasteiger partial charge in [-0.15, -0.1) is 0 Å². The van der Waals surface area contributed by atoms with Gasteiger partial charge in [-0.2, -0.15) is 0 Å². The lowest BCUT2D eigenvalue weighted by Crippen LogP contribution is -2.21. The molecule has 25 heavy (non-hydrogen) atoms. The molecule has 0 saturated carbocycles. The third-order valence-electron chi connectivity index (χ3n) is 3.78. The van der Waals surface area contributed by atoms with Gasteiger partial charge in [0.05, 0.1) is 27.8 Å². The quantitative estimate of drug-likeness (QED) is 0.847. The topological polar surface area (TPSA) is 88.2 Å². The molecule has 0 spiro atoms. The van der Waals surface area contributed by atoms with Crippen LogP contribution in [0.5, 0.6) is 0 Å². The first kappa shape index (κ1) is 17.6. The third-order valence-corrected chi connectivity index (χ3v) is 5.84. The van der Waals surface area contributed by atoms with Crippen molar-refractivity contribution in [3.63, 3.8) is 0 Å². The zero-order valence-corrected chi connectivity index (χ0v) is 14.6. The Morgan fingerprint density at radius 1 is 1.24 bits per heavy atom. The molecule has 0 radical (unpaired) electrons. The van der Waals surface area contributed by atoms with Gasteiger partial charge in [0.15, 0.2) is 9.84 Å². The van der Waals surface area contributed by atoms with E-state index in [-0.39, 0.29) is 28.1 Å². The Bertz CT molecular complexity index is 921. The van der Waals surface area contributed by atoms with Crippen LogP contribution in [0.3, 0.4) is 0 Å².